The van der Waals surface area contributed by atoms with Crippen molar-refractivity contribution in [3.05, 3.63) is 45.3 Å². The van der Waals surface area contributed by atoms with E-state index < -0.39 is 74.6 Å². The van der Waals surface area contributed by atoms with Crippen LogP contribution in [0, 0.1) is 10.8 Å². The molecule has 0 aromatic rings. The van der Waals surface area contributed by atoms with E-state index >= 15 is 0 Å². The third kappa shape index (κ3) is 3.60. The van der Waals surface area contributed by atoms with Crippen molar-refractivity contribution in [2.75, 3.05) is 0 Å². The molecule has 31 heavy (non-hydrogen) atoms. The van der Waals surface area contributed by atoms with Crippen LogP contribution in [0.3, 0.4) is 0 Å². The lowest BCUT2D eigenvalue weighted by Gasteiger charge is -2.33. The van der Waals surface area contributed by atoms with E-state index in [2.05, 4.69) is 0 Å². The summed E-state index contributed by atoms with van der Waals surface area (Å²) in [4.78, 5) is 49.9. The van der Waals surface area contributed by atoms with Crippen molar-refractivity contribution in [3.8, 4) is 0 Å². The minimum absolute atomic E-state index is 0.00434. The second-order valence-corrected chi connectivity index (χ2v) is 8.92. The van der Waals surface area contributed by atoms with E-state index in [0.29, 0.717) is 6.42 Å². The van der Waals surface area contributed by atoms with Crippen molar-refractivity contribution in [2.24, 2.45) is 10.8 Å². The molecular weight excluding hydrogens is 404 g/mol. The van der Waals surface area contributed by atoms with Gasteiger partial charge in [-0.05, 0) is 41.0 Å². The third-order valence-electron chi connectivity index (χ3n) is 5.85. The van der Waals surface area contributed by atoms with Crippen molar-refractivity contribution in [3.63, 3.8) is 0 Å². The molecule has 0 saturated heterocycles. The Balaban J connectivity index is 2.77. The maximum Gasteiger partial charge on any atom is 0.183 e. The molecule has 2 aliphatic carbocycles. The van der Waals surface area contributed by atoms with Gasteiger partial charge in [-0.2, -0.15) is 0 Å². The van der Waals surface area contributed by atoms with Crippen LogP contribution >= 0.6 is 0 Å². The SMILES string of the molecule is CCCC(=O)C1=C(O)C(CC2=C(O)C(C)(C)C(=O)C(C(C)=O)=C2O)=C(O)C(C)(C)C1=O. The Morgan fingerprint density at radius 3 is 1.55 bits per heavy atom. The largest absolute Gasteiger partial charge is 0.511 e. The molecule has 0 atom stereocenters. The molecule has 8 nitrogen and oxygen atoms in total. The summed E-state index contributed by atoms with van der Waals surface area (Å²) in [6.07, 6.45) is -0.0745. The zero-order chi connectivity index (χ0) is 24.0. The molecule has 0 aliphatic heterocycles. The van der Waals surface area contributed by atoms with Crippen LogP contribution in [0.2, 0.25) is 0 Å². The van der Waals surface area contributed by atoms with Gasteiger partial charge >= 0.3 is 0 Å². The van der Waals surface area contributed by atoms with Gasteiger partial charge in [0.2, 0.25) is 0 Å². The Morgan fingerprint density at radius 2 is 1.16 bits per heavy atom. The number of Topliss-reactive ketones (excluding diaryl/α,β-unsaturated/α-hetero) is 4. The molecule has 0 bridgehead atoms. The second-order valence-electron chi connectivity index (χ2n) is 8.92. The Labute approximate surface area is 180 Å². The highest BCUT2D eigenvalue weighted by molar-refractivity contribution is 6.24. The van der Waals surface area contributed by atoms with E-state index in [1.54, 1.807) is 6.92 Å². The van der Waals surface area contributed by atoms with Gasteiger partial charge in [0.05, 0.1) is 10.8 Å². The molecule has 4 N–H and O–H groups in total. The lowest BCUT2D eigenvalue weighted by Crippen LogP contribution is -2.38. The molecule has 8 heteroatoms. The fourth-order valence-electron chi connectivity index (χ4n) is 3.78. The van der Waals surface area contributed by atoms with E-state index in [-0.39, 0.29) is 17.6 Å². The molecule has 0 radical (unpaired) electrons. The smallest absolute Gasteiger partial charge is 0.183 e. The van der Waals surface area contributed by atoms with Crippen LogP contribution < -0.4 is 0 Å². The Morgan fingerprint density at radius 1 is 0.774 bits per heavy atom. The number of hydrogen-bond donors (Lipinski definition) is 4. The number of aliphatic hydroxyl groups excluding tert-OH is 4. The quantitative estimate of drug-likeness (QED) is 0.463. The van der Waals surface area contributed by atoms with Gasteiger partial charge in [0, 0.05) is 24.0 Å². The lowest BCUT2D eigenvalue weighted by atomic mass is 9.70. The Hall–Kier alpha value is -3.16. The van der Waals surface area contributed by atoms with Crippen molar-refractivity contribution < 1.29 is 39.6 Å². The van der Waals surface area contributed by atoms with Gasteiger partial charge in [0.25, 0.3) is 0 Å². The zero-order valence-corrected chi connectivity index (χ0v) is 18.5. The number of rotatable bonds is 6. The number of allylic oxidation sites excluding steroid dienone is 6. The van der Waals surface area contributed by atoms with Crippen LogP contribution in [-0.2, 0) is 19.2 Å². The number of ketones is 4. The summed E-state index contributed by atoms with van der Waals surface area (Å²) in [5, 5.41) is 42.8. The van der Waals surface area contributed by atoms with Crippen molar-refractivity contribution in [1.82, 2.24) is 0 Å². The predicted octanol–water partition coefficient (Wildman–Crippen LogP) is 3.80. The van der Waals surface area contributed by atoms with E-state index in [0.717, 1.165) is 6.92 Å². The second kappa shape index (κ2) is 7.83. The number of carbonyl (C=O) groups is 4. The van der Waals surface area contributed by atoms with Gasteiger partial charge in [-0.15, -0.1) is 0 Å². The van der Waals surface area contributed by atoms with Crippen LogP contribution in [0.1, 0.15) is 60.8 Å². The first kappa shape index (κ1) is 24.1. The molecule has 0 fully saturated rings. The molecule has 2 aliphatic rings. The average molecular weight is 432 g/mol. The van der Waals surface area contributed by atoms with Crippen molar-refractivity contribution in [1.29, 1.82) is 0 Å². The number of aliphatic hydroxyl groups is 4. The molecule has 0 saturated carbocycles. The first-order valence-corrected chi connectivity index (χ1v) is 9.98. The molecule has 0 aromatic heterocycles. The van der Waals surface area contributed by atoms with E-state index in [1.807, 2.05) is 0 Å². The fraction of sp³-hybridized carbons (Fsp3) is 0.478. The predicted molar refractivity (Wildman–Crippen MR) is 111 cm³/mol. The molecule has 168 valence electrons. The summed E-state index contributed by atoms with van der Waals surface area (Å²) in [6.45, 7) is 8.34. The lowest BCUT2D eigenvalue weighted by molar-refractivity contribution is -0.128. The maximum absolute atomic E-state index is 12.8. The molecule has 0 heterocycles. The summed E-state index contributed by atoms with van der Waals surface area (Å²) < 4.78 is 0. The van der Waals surface area contributed by atoms with Crippen LogP contribution in [0.15, 0.2) is 45.3 Å². The van der Waals surface area contributed by atoms with Crippen LogP contribution in [0.5, 0.6) is 0 Å². The normalized spacial score (nSPS) is 21.2. The Bertz CT molecular complexity index is 1030. The minimum atomic E-state index is -1.54. The maximum atomic E-state index is 12.8. The third-order valence-corrected chi connectivity index (χ3v) is 5.85. The first-order valence-electron chi connectivity index (χ1n) is 9.98. The van der Waals surface area contributed by atoms with Crippen LogP contribution in [0.25, 0.3) is 0 Å². The Kier molecular flexibility index (Phi) is 6.09. The average Bonchev–Trinajstić information content (AvgIpc) is 2.65. The highest BCUT2D eigenvalue weighted by Gasteiger charge is 2.48. The van der Waals surface area contributed by atoms with Gasteiger partial charge in [0.1, 0.15) is 34.2 Å². The van der Waals surface area contributed by atoms with E-state index in [9.17, 15) is 39.6 Å². The monoisotopic (exact) mass is 432 g/mol. The molecule has 0 spiro atoms. The molecular formula is C23H28O8. The van der Waals surface area contributed by atoms with Gasteiger partial charge in [-0.1, -0.05) is 6.92 Å². The van der Waals surface area contributed by atoms with Crippen molar-refractivity contribution >= 4 is 23.1 Å². The topological polar surface area (TPSA) is 149 Å². The van der Waals surface area contributed by atoms with Gasteiger partial charge in [0.15, 0.2) is 23.1 Å². The van der Waals surface area contributed by atoms with E-state index in [1.165, 1.54) is 27.7 Å². The first-order chi connectivity index (χ1) is 14.1. The summed E-state index contributed by atoms with van der Waals surface area (Å²) in [6, 6.07) is 0. The fourth-order valence-corrected chi connectivity index (χ4v) is 3.78. The summed E-state index contributed by atoms with van der Waals surface area (Å²) >= 11 is 0. The van der Waals surface area contributed by atoms with E-state index in [4.69, 9.17) is 0 Å². The summed E-state index contributed by atoms with van der Waals surface area (Å²) in [5.74, 6) is -5.40. The highest BCUT2D eigenvalue weighted by Crippen LogP contribution is 2.45. The minimum Gasteiger partial charge on any atom is -0.511 e. The van der Waals surface area contributed by atoms with Gasteiger partial charge < -0.3 is 20.4 Å². The van der Waals surface area contributed by atoms with Crippen LogP contribution in [0.4, 0.5) is 0 Å². The van der Waals surface area contributed by atoms with Gasteiger partial charge in [-0.3, -0.25) is 19.2 Å². The highest BCUT2D eigenvalue weighted by atomic mass is 16.3. The number of carbonyl (C=O) groups excluding carboxylic acids is 4. The summed E-state index contributed by atoms with van der Waals surface area (Å²) in [7, 11) is 0. The molecule has 0 unspecified atom stereocenters. The number of hydrogen-bond acceptors (Lipinski definition) is 8. The van der Waals surface area contributed by atoms with Crippen molar-refractivity contribution in [2.45, 2.75) is 60.8 Å². The molecule has 2 rings (SSSR count). The summed E-state index contributed by atoms with van der Waals surface area (Å²) in [5.41, 5.74) is -4.55. The standard InChI is InChI=1S/C23H28O8/c1-7-8-13(25)15-17(27)12(19(29)23(5,6)21(15)31)9-11-16(26)14(10(2)24)20(30)22(3,4)18(11)28/h26-29H,7-9H2,1-6H3. The van der Waals surface area contributed by atoms with Gasteiger partial charge in [-0.25, -0.2) is 0 Å². The van der Waals surface area contributed by atoms with Crippen LogP contribution in [-0.4, -0.2) is 43.6 Å². The molecule has 0 aromatic carbocycles. The molecule has 0 amide bonds. The zero-order valence-electron chi connectivity index (χ0n) is 18.5.